The summed E-state index contributed by atoms with van der Waals surface area (Å²) in [5.74, 6) is 0.0466. The number of halogens is 1. The molecule has 1 rings (SSSR count). The van der Waals surface area contributed by atoms with Crippen LogP contribution in [0.2, 0.25) is 5.02 Å². The van der Waals surface area contributed by atoms with Gasteiger partial charge in [-0.1, -0.05) is 42.2 Å². The molecular weight excluding hydrogens is 240 g/mol. The highest BCUT2D eigenvalue weighted by Crippen LogP contribution is 2.18. The molecule has 0 unspecified atom stereocenters. The summed E-state index contributed by atoms with van der Waals surface area (Å²) in [5, 5.41) is 12.0. The zero-order valence-electron chi connectivity index (χ0n) is 9.82. The van der Waals surface area contributed by atoms with Gasteiger partial charge in [-0.25, -0.2) is 0 Å². The van der Waals surface area contributed by atoms with Crippen LogP contribution in [0.15, 0.2) is 23.4 Å². The Morgan fingerprint density at radius 2 is 2.29 bits per heavy atom. The predicted octanol–water partition coefficient (Wildman–Crippen LogP) is 2.75. The fourth-order valence-electron chi connectivity index (χ4n) is 1.31. The van der Waals surface area contributed by atoms with Crippen LogP contribution in [0.3, 0.4) is 0 Å². The third-order valence-corrected chi connectivity index (χ3v) is 2.71. The zero-order chi connectivity index (χ0) is 12.7. The van der Waals surface area contributed by atoms with Gasteiger partial charge in [-0.3, -0.25) is 0 Å². The Kier molecular flexibility index (Phi) is 5.80. The first kappa shape index (κ1) is 13.8. The van der Waals surface area contributed by atoms with E-state index in [4.69, 9.17) is 27.3 Å². The van der Waals surface area contributed by atoms with Gasteiger partial charge in [0.15, 0.2) is 5.84 Å². The summed E-state index contributed by atoms with van der Waals surface area (Å²) < 4.78 is 5.47. The molecule has 0 heterocycles. The average molecular weight is 257 g/mol. The van der Waals surface area contributed by atoms with Crippen LogP contribution in [0.25, 0.3) is 0 Å². The SMILES string of the molecule is CCCCOCc1ccc(/C(N)=N/O)cc1Cl. The molecule has 0 radical (unpaired) electrons. The predicted molar refractivity (Wildman–Crippen MR) is 68.5 cm³/mol. The Balaban J connectivity index is 2.63. The molecule has 0 saturated heterocycles. The van der Waals surface area contributed by atoms with E-state index in [0.717, 1.165) is 25.0 Å². The highest BCUT2D eigenvalue weighted by Gasteiger charge is 2.05. The number of rotatable bonds is 6. The van der Waals surface area contributed by atoms with Gasteiger partial charge in [-0.05, 0) is 18.1 Å². The Hall–Kier alpha value is -1.26. The summed E-state index contributed by atoms with van der Waals surface area (Å²) in [7, 11) is 0. The van der Waals surface area contributed by atoms with Crippen molar-refractivity contribution in [3.8, 4) is 0 Å². The number of ether oxygens (including phenoxy) is 1. The Morgan fingerprint density at radius 1 is 1.53 bits per heavy atom. The van der Waals surface area contributed by atoms with Crippen molar-refractivity contribution >= 4 is 17.4 Å². The maximum atomic E-state index is 8.54. The minimum absolute atomic E-state index is 0.0466. The Bertz CT molecular complexity index is 394. The third kappa shape index (κ3) is 4.24. The van der Waals surface area contributed by atoms with Crippen molar-refractivity contribution in [3.63, 3.8) is 0 Å². The van der Waals surface area contributed by atoms with Gasteiger partial charge in [0.05, 0.1) is 6.61 Å². The molecule has 0 amide bonds. The highest BCUT2D eigenvalue weighted by molar-refractivity contribution is 6.31. The van der Waals surface area contributed by atoms with Crippen LogP contribution in [0, 0.1) is 0 Å². The van der Waals surface area contributed by atoms with Crippen molar-refractivity contribution in [3.05, 3.63) is 34.3 Å². The lowest BCUT2D eigenvalue weighted by atomic mass is 10.1. The van der Waals surface area contributed by atoms with Gasteiger partial charge in [0.25, 0.3) is 0 Å². The third-order valence-electron chi connectivity index (χ3n) is 2.36. The molecule has 0 atom stereocenters. The summed E-state index contributed by atoms with van der Waals surface area (Å²) in [5.41, 5.74) is 6.96. The molecule has 0 bridgehead atoms. The van der Waals surface area contributed by atoms with Crippen molar-refractivity contribution in [1.82, 2.24) is 0 Å². The standard InChI is InChI=1S/C12H17ClN2O2/c1-2-3-6-17-8-10-5-4-9(7-11(10)13)12(14)15-16/h4-5,7,16H,2-3,6,8H2,1H3,(H2,14,15). The van der Waals surface area contributed by atoms with E-state index in [1.807, 2.05) is 6.07 Å². The summed E-state index contributed by atoms with van der Waals surface area (Å²) in [4.78, 5) is 0. The van der Waals surface area contributed by atoms with Crippen LogP contribution in [-0.4, -0.2) is 17.6 Å². The second kappa shape index (κ2) is 7.14. The van der Waals surface area contributed by atoms with Gasteiger partial charge in [0.2, 0.25) is 0 Å². The number of hydrogen-bond acceptors (Lipinski definition) is 3. The second-order valence-corrected chi connectivity index (χ2v) is 4.10. The smallest absolute Gasteiger partial charge is 0.170 e. The van der Waals surface area contributed by atoms with E-state index in [1.54, 1.807) is 12.1 Å². The first-order chi connectivity index (χ1) is 8.19. The molecule has 1 aromatic rings. The van der Waals surface area contributed by atoms with Gasteiger partial charge < -0.3 is 15.7 Å². The molecule has 0 aliphatic heterocycles. The molecule has 94 valence electrons. The second-order valence-electron chi connectivity index (χ2n) is 3.70. The van der Waals surface area contributed by atoms with Crippen LogP contribution in [0.4, 0.5) is 0 Å². The van der Waals surface area contributed by atoms with E-state index < -0.39 is 0 Å². The van der Waals surface area contributed by atoms with E-state index in [-0.39, 0.29) is 5.84 Å². The number of nitrogens with two attached hydrogens (primary N) is 1. The van der Waals surface area contributed by atoms with E-state index in [0.29, 0.717) is 17.2 Å². The topological polar surface area (TPSA) is 67.8 Å². The summed E-state index contributed by atoms with van der Waals surface area (Å²) in [6, 6.07) is 5.23. The van der Waals surface area contributed by atoms with Crippen LogP contribution >= 0.6 is 11.6 Å². The summed E-state index contributed by atoms with van der Waals surface area (Å²) in [6.45, 7) is 3.33. The maximum Gasteiger partial charge on any atom is 0.170 e. The molecular formula is C12H17ClN2O2. The number of amidine groups is 1. The van der Waals surface area contributed by atoms with Crippen molar-refractivity contribution in [2.75, 3.05) is 6.61 Å². The Morgan fingerprint density at radius 3 is 2.88 bits per heavy atom. The zero-order valence-corrected chi connectivity index (χ0v) is 10.6. The van der Waals surface area contributed by atoms with E-state index in [2.05, 4.69) is 12.1 Å². The van der Waals surface area contributed by atoms with Crippen LogP contribution in [0.5, 0.6) is 0 Å². The van der Waals surface area contributed by atoms with Gasteiger partial charge in [-0.15, -0.1) is 0 Å². The van der Waals surface area contributed by atoms with Crippen molar-refractivity contribution in [2.24, 2.45) is 10.9 Å². The number of nitrogens with zero attached hydrogens (tertiary/aromatic N) is 1. The van der Waals surface area contributed by atoms with E-state index in [1.165, 1.54) is 0 Å². The lowest BCUT2D eigenvalue weighted by molar-refractivity contribution is 0.118. The van der Waals surface area contributed by atoms with Gasteiger partial charge in [-0.2, -0.15) is 0 Å². The average Bonchev–Trinajstić information content (AvgIpc) is 2.35. The Labute approximate surface area is 106 Å². The molecule has 5 heteroatoms. The van der Waals surface area contributed by atoms with Crippen LogP contribution < -0.4 is 5.73 Å². The van der Waals surface area contributed by atoms with Crippen molar-refractivity contribution < 1.29 is 9.94 Å². The lowest BCUT2D eigenvalue weighted by Crippen LogP contribution is -2.13. The molecule has 4 nitrogen and oxygen atoms in total. The minimum atomic E-state index is 0.0466. The molecule has 3 N–H and O–H groups in total. The van der Waals surface area contributed by atoms with Gasteiger partial charge >= 0.3 is 0 Å². The molecule has 17 heavy (non-hydrogen) atoms. The van der Waals surface area contributed by atoms with Crippen molar-refractivity contribution in [1.29, 1.82) is 0 Å². The minimum Gasteiger partial charge on any atom is -0.409 e. The molecule has 0 aromatic heterocycles. The first-order valence-corrected chi connectivity index (χ1v) is 5.91. The number of benzene rings is 1. The maximum absolute atomic E-state index is 8.54. The fraction of sp³-hybridized carbons (Fsp3) is 0.417. The molecule has 0 spiro atoms. The number of hydrogen-bond donors (Lipinski definition) is 2. The van der Waals surface area contributed by atoms with Crippen LogP contribution in [0.1, 0.15) is 30.9 Å². The van der Waals surface area contributed by atoms with Gasteiger partial charge in [0, 0.05) is 17.2 Å². The quantitative estimate of drug-likeness (QED) is 0.270. The van der Waals surface area contributed by atoms with Crippen molar-refractivity contribution in [2.45, 2.75) is 26.4 Å². The molecule has 1 aromatic carbocycles. The molecule has 0 aliphatic carbocycles. The van der Waals surface area contributed by atoms with Gasteiger partial charge in [0.1, 0.15) is 0 Å². The van der Waals surface area contributed by atoms with Crippen LogP contribution in [-0.2, 0) is 11.3 Å². The molecule has 0 saturated carbocycles. The molecule has 0 aliphatic rings. The molecule has 0 fully saturated rings. The largest absolute Gasteiger partial charge is 0.409 e. The van der Waals surface area contributed by atoms with E-state index in [9.17, 15) is 0 Å². The monoisotopic (exact) mass is 256 g/mol. The normalized spacial score (nSPS) is 11.8. The van der Waals surface area contributed by atoms with E-state index >= 15 is 0 Å². The highest BCUT2D eigenvalue weighted by atomic mass is 35.5. The number of oxime groups is 1. The fourth-order valence-corrected chi connectivity index (χ4v) is 1.55. The number of unbranched alkanes of at least 4 members (excludes halogenated alkanes) is 1. The summed E-state index contributed by atoms with van der Waals surface area (Å²) >= 11 is 6.07. The first-order valence-electron chi connectivity index (χ1n) is 5.53. The lowest BCUT2D eigenvalue weighted by Gasteiger charge is -2.07. The summed E-state index contributed by atoms with van der Waals surface area (Å²) in [6.07, 6.45) is 2.15.